The van der Waals surface area contributed by atoms with Crippen LogP contribution in [0.3, 0.4) is 0 Å². The Labute approximate surface area is 170 Å². The van der Waals surface area contributed by atoms with Gasteiger partial charge in [0.15, 0.2) is 0 Å². The Hall–Kier alpha value is -1.82. The molecule has 0 amide bonds. The number of rotatable bonds is 5. The molecular weight excluding hydrogens is 324 g/mol. The average Bonchev–Trinajstić information content (AvgIpc) is 2.72. The van der Waals surface area contributed by atoms with Gasteiger partial charge in [-0.1, -0.05) is 114 Å². The molecule has 0 atom stereocenters. The van der Waals surface area contributed by atoms with Crippen LogP contribution in [-0.4, -0.2) is 0 Å². The standard InChI is InChI=1S/C21H26.3C2H6/c1-16(2)14-15-21(5,19-10-6-17(3)7-11-19)20-12-8-18(4)9-13-20;3*1-2/h6-13H,1,14-15H2,2-5H3;3*1-2H3. The Morgan fingerprint density at radius 1 is 0.704 bits per heavy atom. The topological polar surface area (TPSA) is 0 Å². The van der Waals surface area contributed by atoms with Crippen LogP contribution >= 0.6 is 0 Å². The zero-order chi connectivity index (χ0) is 21.5. The molecule has 0 bridgehead atoms. The summed E-state index contributed by atoms with van der Waals surface area (Å²) in [7, 11) is 0. The smallest absolute Gasteiger partial charge is 0.0177 e. The fraction of sp³-hybridized carbons (Fsp3) is 0.481. The fourth-order valence-electron chi connectivity index (χ4n) is 2.76. The molecule has 0 aromatic heterocycles. The Balaban J connectivity index is 0. The van der Waals surface area contributed by atoms with Crippen molar-refractivity contribution in [2.45, 2.75) is 87.5 Å². The van der Waals surface area contributed by atoms with Crippen molar-refractivity contribution in [2.75, 3.05) is 0 Å². The van der Waals surface area contributed by atoms with Crippen LogP contribution in [0.4, 0.5) is 0 Å². The maximum absolute atomic E-state index is 4.07. The summed E-state index contributed by atoms with van der Waals surface area (Å²) in [6.45, 7) is 24.8. The minimum absolute atomic E-state index is 0.0420. The van der Waals surface area contributed by atoms with Crippen LogP contribution in [0.15, 0.2) is 60.7 Å². The molecule has 27 heavy (non-hydrogen) atoms. The van der Waals surface area contributed by atoms with E-state index in [1.807, 2.05) is 41.5 Å². The molecule has 152 valence electrons. The highest BCUT2D eigenvalue weighted by molar-refractivity contribution is 5.40. The van der Waals surface area contributed by atoms with Crippen LogP contribution in [-0.2, 0) is 5.41 Å². The van der Waals surface area contributed by atoms with Gasteiger partial charge >= 0.3 is 0 Å². The third kappa shape index (κ3) is 9.09. The highest BCUT2D eigenvalue weighted by atomic mass is 14.3. The molecule has 0 heterocycles. The molecule has 0 unspecified atom stereocenters. The normalized spacial score (nSPS) is 9.56. The molecule has 0 saturated heterocycles. The lowest BCUT2D eigenvalue weighted by molar-refractivity contribution is 0.518. The number of hydrogen-bond acceptors (Lipinski definition) is 0. The number of aryl methyl sites for hydroxylation is 2. The Kier molecular flexibility index (Phi) is 15.5. The highest BCUT2D eigenvalue weighted by Gasteiger charge is 2.28. The molecular formula is C27H44. The van der Waals surface area contributed by atoms with Crippen molar-refractivity contribution in [1.29, 1.82) is 0 Å². The molecule has 0 fully saturated rings. The van der Waals surface area contributed by atoms with Crippen LogP contribution in [0.2, 0.25) is 0 Å². The van der Waals surface area contributed by atoms with Gasteiger partial charge in [-0.15, -0.1) is 6.58 Å². The van der Waals surface area contributed by atoms with Crippen LogP contribution < -0.4 is 0 Å². The maximum atomic E-state index is 4.07. The molecule has 2 aromatic rings. The van der Waals surface area contributed by atoms with Crippen LogP contribution in [0, 0.1) is 13.8 Å². The van der Waals surface area contributed by atoms with E-state index in [1.165, 1.54) is 27.8 Å². The minimum Gasteiger partial charge on any atom is -0.100 e. The van der Waals surface area contributed by atoms with Crippen molar-refractivity contribution >= 4 is 0 Å². The lowest BCUT2D eigenvalue weighted by Crippen LogP contribution is -2.23. The molecule has 0 nitrogen and oxygen atoms in total. The predicted molar refractivity (Wildman–Crippen MR) is 127 cm³/mol. The van der Waals surface area contributed by atoms with Gasteiger partial charge in [0.2, 0.25) is 0 Å². The average molecular weight is 369 g/mol. The maximum Gasteiger partial charge on any atom is 0.0177 e. The van der Waals surface area contributed by atoms with E-state index in [0.29, 0.717) is 0 Å². The zero-order valence-electron chi connectivity index (χ0n) is 19.7. The number of hydrogen-bond donors (Lipinski definition) is 0. The van der Waals surface area contributed by atoms with Crippen LogP contribution in [0.1, 0.15) is 90.5 Å². The van der Waals surface area contributed by atoms with Gasteiger partial charge in [-0.05, 0) is 44.7 Å². The third-order valence-electron chi connectivity index (χ3n) is 4.43. The molecule has 0 aliphatic heterocycles. The van der Waals surface area contributed by atoms with Crippen molar-refractivity contribution in [3.8, 4) is 0 Å². The summed E-state index contributed by atoms with van der Waals surface area (Å²) in [5.41, 5.74) is 6.69. The molecule has 0 saturated carbocycles. The molecule has 0 aliphatic carbocycles. The summed E-state index contributed by atoms with van der Waals surface area (Å²) in [5.74, 6) is 0. The summed E-state index contributed by atoms with van der Waals surface area (Å²) >= 11 is 0. The van der Waals surface area contributed by atoms with Gasteiger partial charge < -0.3 is 0 Å². The van der Waals surface area contributed by atoms with E-state index in [9.17, 15) is 0 Å². The monoisotopic (exact) mass is 368 g/mol. The van der Waals surface area contributed by atoms with E-state index in [1.54, 1.807) is 0 Å². The first-order valence-corrected chi connectivity index (χ1v) is 10.7. The van der Waals surface area contributed by atoms with E-state index >= 15 is 0 Å². The Bertz CT molecular complexity index is 554. The zero-order valence-corrected chi connectivity index (χ0v) is 19.7. The second kappa shape index (κ2) is 15.3. The summed E-state index contributed by atoms with van der Waals surface area (Å²) in [6.07, 6.45) is 2.15. The van der Waals surface area contributed by atoms with Gasteiger partial charge in [-0.3, -0.25) is 0 Å². The minimum atomic E-state index is 0.0420. The van der Waals surface area contributed by atoms with E-state index < -0.39 is 0 Å². The Morgan fingerprint density at radius 3 is 1.26 bits per heavy atom. The van der Waals surface area contributed by atoms with E-state index in [0.717, 1.165) is 12.8 Å². The van der Waals surface area contributed by atoms with Crippen molar-refractivity contribution in [3.05, 3.63) is 82.9 Å². The van der Waals surface area contributed by atoms with Crippen molar-refractivity contribution < 1.29 is 0 Å². The molecule has 0 aliphatic rings. The largest absolute Gasteiger partial charge is 0.100 e. The molecule has 2 aromatic carbocycles. The van der Waals surface area contributed by atoms with Crippen molar-refractivity contribution in [1.82, 2.24) is 0 Å². The molecule has 0 radical (unpaired) electrons. The lowest BCUT2D eigenvalue weighted by atomic mass is 9.72. The molecule has 2 rings (SSSR count). The summed E-state index contributed by atoms with van der Waals surface area (Å²) in [6, 6.07) is 17.9. The van der Waals surface area contributed by atoms with Gasteiger partial charge in [-0.25, -0.2) is 0 Å². The second-order valence-corrected chi connectivity index (χ2v) is 6.52. The predicted octanol–water partition coefficient (Wildman–Crippen LogP) is 9.04. The van der Waals surface area contributed by atoms with Crippen molar-refractivity contribution in [3.63, 3.8) is 0 Å². The van der Waals surface area contributed by atoms with Crippen LogP contribution in [0.25, 0.3) is 0 Å². The number of benzene rings is 2. The third-order valence-corrected chi connectivity index (χ3v) is 4.43. The Morgan fingerprint density at radius 2 is 1.00 bits per heavy atom. The first-order chi connectivity index (χ1) is 12.9. The highest BCUT2D eigenvalue weighted by Crippen LogP contribution is 2.37. The van der Waals surface area contributed by atoms with Crippen molar-refractivity contribution in [2.24, 2.45) is 0 Å². The first kappa shape index (κ1) is 27.4. The lowest BCUT2D eigenvalue weighted by Gasteiger charge is -2.31. The molecule has 0 heteroatoms. The van der Waals surface area contributed by atoms with E-state index in [-0.39, 0.29) is 5.41 Å². The summed E-state index contributed by atoms with van der Waals surface area (Å²) in [5, 5.41) is 0. The second-order valence-electron chi connectivity index (χ2n) is 6.52. The molecule has 0 N–H and O–H groups in total. The van der Waals surface area contributed by atoms with Crippen LogP contribution in [0.5, 0.6) is 0 Å². The van der Waals surface area contributed by atoms with Gasteiger partial charge in [0.1, 0.15) is 0 Å². The fourth-order valence-corrected chi connectivity index (χ4v) is 2.76. The van der Waals surface area contributed by atoms with Gasteiger partial charge in [0.05, 0.1) is 0 Å². The van der Waals surface area contributed by atoms with Gasteiger partial charge in [-0.2, -0.15) is 0 Å². The summed E-state index contributed by atoms with van der Waals surface area (Å²) < 4.78 is 0. The summed E-state index contributed by atoms with van der Waals surface area (Å²) in [4.78, 5) is 0. The first-order valence-electron chi connectivity index (χ1n) is 10.7. The number of allylic oxidation sites excluding steroid dienone is 1. The van der Waals surface area contributed by atoms with E-state index in [2.05, 4.69) is 82.8 Å². The SMILES string of the molecule is C=C(C)CCC(C)(c1ccc(C)cc1)c1ccc(C)cc1.CC.CC.CC. The van der Waals surface area contributed by atoms with Gasteiger partial charge in [0, 0.05) is 5.41 Å². The van der Waals surface area contributed by atoms with Gasteiger partial charge in [0.25, 0.3) is 0 Å². The quantitative estimate of drug-likeness (QED) is 0.462. The molecule has 0 spiro atoms. The van der Waals surface area contributed by atoms with E-state index in [4.69, 9.17) is 0 Å².